The van der Waals surface area contributed by atoms with Gasteiger partial charge in [0.1, 0.15) is 23.5 Å². The maximum atomic E-state index is 13.1. The van der Waals surface area contributed by atoms with Crippen molar-refractivity contribution in [2.45, 2.75) is 19.5 Å². The average Bonchev–Trinajstić information content (AvgIpc) is 3.38. The van der Waals surface area contributed by atoms with Gasteiger partial charge in [-0.25, -0.2) is 14.4 Å². The molecule has 0 unspecified atom stereocenters. The summed E-state index contributed by atoms with van der Waals surface area (Å²) in [5, 5.41) is 12.8. The van der Waals surface area contributed by atoms with E-state index >= 15 is 0 Å². The Labute approximate surface area is 186 Å². The molecule has 1 aromatic heterocycles. The van der Waals surface area contributed by atoms with Crippen LogP contribution in [0.4, 0.5) is 4.39 Å². The normalized spacial score (nSPS) is 13.7. The van der Waals surface area contributed by atoms with Crippen molar-refractivity contribution in [1.82, 2.24) is 20.6 Å². The third kappa shape index (κ3) is 5.25. The lowest BCUT2D eigenvalue weighted by molar-refractivity contribution is 0.0944. The fraction of sp³-hybridized carbons (Fsp3) is 0.130. The van der Waals surface area contributed by atoms with Crippen molar-refractivity contribution in [2.75, 3.05) is 0 Å². The molecule has 160 valence electrons. The third-order valence-corrected chi connectivity index (χ3v) is 4.58. The van der Waals surface area contributed by atoms with Crippen LogP contribution in [0.2, 0.25) is 0 Å². The highest BCUT2D eigenvalue weighted by atomic mass is 19.1. The fourth-order valence-electron chi connectivity index (χ4n) is 2.87. The van der Waals surface area contributed by atoms with E-state index in [-0.39, 0.29) is 23.5 Å². The maximum Gasteiger partial charge on any atom is 0.270 e. The van der Waals surface area contributed by atoms with Gasteiger partial charge in [-0.15, -0.1) is 0 Å². The van der Waals surface area contributed by atoms with Gasteiger partial charge >= 0.3 is 0 Å². The number of carbonyl (C=O) groups excluding carboxylic acids is 2. The summed E-state index contributed by atoms with van der Waals surface area (Å²) in [6.07, 6.45) is 3.47. The molecule has 2 N–H and O–H groups in total. The molecular weight excluding hydrogens is 411 g/mol. The van der Waals surface area contributed by atoms with Gasteiger partial charge in [-0.05, 0) is 28.8 Å². The molecule has 1 aliphatic heterocycles. The van der Waals surface area contributed by atoms with Crippen LogP contribution < -0.4 is 10.6 Å². The molecule has 8 nitrogen and oxygen atoms in total. The van der Waals surface area contributed by atoms with Gasteiger partial charge < -0.3 is 10.6 Å². The van der Waals surface area contributed by atoms with Crippen molar-refractivity contribution in [3.63, 3.8) is 0 Å². The molecule has 0 saturated heterocycles. The van der Waals surface area contributed by atoms with E-state index in [2.05, 4.69) is 30.8 Å². The number of hydrogen-bond donors (Lipinski definition) is 2. The standard InChI is InChI=1S/C23H19FN6O2/c24-18-7-3-16(4-8-18)13-26-23(32)21-11-20(27-14-28-21)22(31)25-12-15-1-5-17(6-2-15)19-9-10-29-30-19/h1-8,10-11,14H,9,12-13H2,(H,25,31)(H,26,32)/i13D2. The van der Waals surface area contributed by atoms with Crippen molar-refractivity contribution in [3.8, 4) is 0 Å². The number of aromatic nitrogens is 2. The monoisotopic (exact) mass is 432 g/mol. The highest BCUT2D eigenvalue weighted by Crippen LogP contribution is 2.11. The van der Waals surface area contributed by atoms with Crippen LogP contribution in [0.5, 0.6) is 0 Å². The third-order valence-electron chi connectivity index (χ3n) is 4.58. The zero-order chi connectivity index (χ0) is 24.1. The van der Waals surface area contributed by atoms with Gasteiger partial charge in [-0.3, -0.25) is 9.59 Å². The van der Waals surface area contributed by atoms with E-state index < -0.39 is 24.1 Å². The SMILES string of the molecule is [2H]C([2H])(NC(=O)c1cc(C(=O)NCc2ccc(C3=NN=CC3)cc2)ncn1)c1ccc(F)cc1. The first kappa shape index (κ1) is 18.5. The Kier molecular flexibility index (Phi) is 5.60. The number of carbonyl (C=O) groups is 2. The Hall–Kier alpha value is -4.27. The molecular formula is C23H19FN6O2. The van der Waals surface area contributed by atoms with Crippen molar-refractivity contribution in [3.05, 3.63) is 94.8 Å². The van der Waals surface area contributed by atoms with E-state index in [0.717, 1.165) is 35.3 Å². The largest absolute Gasteiger partial charge is 0.347 e. The summed E-state index contributed by atoms with van der Waals surface area (Å²) in [7, 11) is 0. The van der Waals surface area contributed by atoms with Crippen molar-refractivity contribution >= 4 is 23.7 Å². The summed E-state index contributed by atoms with van der Waals surface area (Å²) in [5.41, 5.74) is 2.53. The van der Waals surface area contributed by atoms with Crippen LogP contribution in [0.25, 0.3) is 0 Å². The van der Waals surface area contributed by atoms with E-state index in [1.165, 1.54) is 18.2 Å². The van der Waals surface area contributed by atoms with E-state index in [1.807, 2.05) is 24.3 Å². The van der Waals surface area contributed by atoms with Gasteiger partial charge in [0.05, 0.1) is 8.45 Å². The summed E-state index contributed by atoms with van der Waals surface area (Å²) in [6, 6.07) is 13.4. The van der Waals surface area contributed by atoms with Crippen molar-refractivity contribution in [1.29, 1.82) is 0 Å². The number of benzene rings is 2. The second-order valence-corrected chi connectivity index (χ2v) is 6.80. The summed E-state index contributed by atoms with van der Waals surface area (Å²) in [6.45, 7) is -2.04. The fourth-order valence-corrected chi connectivity index (χ4v) is 2.87. The number of amides is 2. The Bertz CT molecular complexity index is 1280. The van der Waals surface area contributed by atoms with E-state index in [1.54, 1.807) is 6.21 Å². The predicted molar refractivity (Wildman–Crippen MR) is 117 cm³/mol. The quantitative estimate of drug-likeness (QED) is 0.598. The number of nitrogens with one attached hydrogen (secondary N) is 2. The summed E-state index contributed by atoms with van der Waals surface area (Å²) >= 11 is 0. The summed E-state index contributed by atoms with van der Waals surface area (Å²) < 4.78 is 29.2. The molecule has 1 aliphatic rings. The van der Waals surface area contributed by atoms with Crippen LogP contribution in [0, 0.1) is 5.82 Å². The lowest BCUT2D eigenvalue weighted by Gasteiger charge is -2.08. The van der Waals surface area contributed by atoms with Gasteiger partial charge in [-0.2, -0.15) is 10.2 Å². The summed E-state index contributed by atoms with van der Waals surface area (Å²) in [4.78, 5) is 32.8. The molecule has 0 fully saturated rings. The highest BCUT2D eigenvalue weighted by molar-refractivity contribution is 6.09. The lowest BCUT2D eigenvalue weighted by Crippen LogP contribution is -2.27. The molecule has 0 atom stereocenters. The number of rotatable bonds is 7. The van der Waals surface area contributed by atoms with Crippen LogP contribution in [0.3, 0.4) is 0 Å². The van der Waals surface area contributed by atoms with Crippen LogP contribution in [0.1, 0.15) is 46.8 Å². The Morgan fingerprint density at radius 3 is 2.25 bits per heavy atom. The minimum atomic E-state index is -2.28. The predicted octanol–water partition coefficient (Wildman–Crippen LogP) is 2.65. The smallest absolute Gasteiger partial charge is 0.270 e. The van der Waals surface area contributed by atoms with Gasteiger partial charge in [0.25, 0.3) is 11.8 Å². The molecule has 2 heterocycles. The van der Waals surface area contributed by atoms with Gasteiger partial charge in [0, 0.05) is 31.7 Å². The molecule has 0 bridgehead atoms. The Morgan fingerprint density at radius 2 is 1.59 bits per heavy atom. The maximum absolute atomic E-state index is 13.1. The molecule has 32 heavy (non-hydrogen) atoms. The van der Waals surface area contributed by atoms with Crippen molar-refractivity contribution < 1.29 is 16.7 Å². The first-order chi connectivity index (χ1) is 16.3. The molecule has 0 spiro atoms. The van der Waals surface area contributed by atoms with Gasteiger partial charge in [0.15, 0.2) is 0 Å². The first-order valence-corrected chi connectivity index (χ1v) is 9.68. The van der Waals surface area contributed by atoms with E-state index in [0.29, 0.717) is 6.42 Å². The van der Waals surface area contributed by atoms with Crippen molar-refractivity contribution in [2.24, 2.45) is 10.2 Å². The Balaban J connectivity index is 1.38. The van der Waals surface area contributed by atoms with Crippen LogP contribution in [-0.4, -0.2) is 33.7 Å². The molecule has 0 saturated carbocycles. The van der Waals surface area contributed by atoms with Gasteiger partial charge in [0.2, 0.25) is 0 Å². The first-order valence-electron chi connectivity index (χ1n) is 10.7. The second-order valence-electron chi connectivity index (χ2n) is 6.80. The summed E-state index contributed by atoms with van der Waals surface area (Å²) in [5.74, 6) is -1.89. The van der Waals surface area contributed by atoms with Crippen LogP contribution in [0.15, 0.2) is 71.1 Å². The molecule has 2 aromatic carbocycles. The average molecular weight is 432 g/mol. The zero-order valence-electron chi connectivity index (χ0n) is 18.7. The minimum absolute atomic E-state index is 0.0448. The van der Waals surface area contributed by atoms with Gasteiger partial charge in [-0.1, -0.05) is 36.4 Å². The zero-order valence-corrected chi connectivity index (χ0v) is 16.7. The molecule has 9 heteroatoms. The number of nitrogens with zero attached hydrogens (tertiary/aromatic N) is 4. The topological polar surface area (TPSA) is 109 Å². The number of hydrogen-bond acceptors (Lipinski definition) is 6. The molecule has 4 rings (SSSR count). The van der Waals surface area contributed by atoms with Crippen LogP contribution >= 0.6 is 0 Å². The number of halogens is 1. The molecule has 0 aliphatic carbocycles. The highest BCUT2D eigenvalue weighted by Gasteiger charge is 2.13. The lowest BCUT2D eigenvalue weighted by atomic mass is 10.1. The van der Waals surface area contributed by atoms with E-state index in [9.17, 15) is 14.0 Å². The molecule has 3 aromatic rings. The molecule has 2 amide bonds. The molecule has 0 radical (unpaired) electrons. The minimum Gasteiger partial charge on any atom is -0.347 e. The van der Waals surface area contributed by atoms with Crippen LogP contribution in [-0.2, 0) is 13.0 Å². The second kappa shape index (κ2) is 9.69. The Morgan fingerprint density at radius 1 is 0.938 bits per heavy atom. The van der Waals surface area contributed by atoms with E-state index in [4.69, 9.17) is 2.74 Å².